The maximum Gasteiger partial charge on any atom is 0.122 e. The molecule has 1 heterocycles. The largest absolute Gasteiger partial charge is 0.496 e. The Hall–Kier alpha value is -1.10. The van der Waals surface area contributed by atoms with Crippen LogP contribution in [0.15, 0.2) is 18.2 Å². The molecule has 0 aromatic heterocycles. The number of nitrogens with one attached hydrogen (secondary N) is 1. The molecule has 1 saturated heterocycles. The summed E-state index contributed by atoms with van der Waals surface area (Å²) in [7, 11) is 3.99. The minimum atomic E-state index is 0.476. The number of methoxy groups -OCH3 is 1. The second-order valence-electron chi connectivity index (χ2n) is 7.07. The molecule has 4 nitrogen and oxygen atoms in total. The van der Waals surface area contributed by atoms with Gasteiger partial charge in [-0.25, -0.2) is 0 Å². The lowest BCUT2D eigenvalue weighted by molar-refractivity contribution is 0.116. The molecule has 0 bridgehead atoms. The molecule has 1 aromatic carbocycles. The molecule has 0 amide bonds. The van der Waals surface area contributed by atoms with Crippen molar-refractivity contribution in [2.24, 2.45) is 0 Å². The molecule has 1 aromatic rings. The molecule has 1 aliphatic heterocycles. The summed E-state index contributed by atoms with van der Waals surface area (Å²) < 4.78 is 5.55. The highest BCUT2D eigenvalue weighted by Crippen LogP contribution is 2.35. The second kappa shape index (κ2) is 7.65. The summed E-state index contributed by atoms with van der Waals surface area (Å²) in [5.74, 6) is 1.06. The third-order valence-electron chi connectivity index (χ3n) is 5.51. The average molecular weight is 317 g/mol. The van der Waals surface area contributed by atoms with Crippen molar-refractivity contribution < 1.29 is 4.74 Å². The number of nitrogens with zero attached hydrogens (tertiary/aromatic N) is 2. The predicted octanol–water partition coefficient (Wildman–Crippen LogP) is 2.30. The van der Waals surface area contributed by atoms with Gasteiger partial charge in [0.05, 0.1) is 7.11 Å². The van der Waals surface area contributed by atoms with E-state index in [1.165, 1.54) is 50.1 Å². The van der Waals surface area contributed by atoms with Crippen LogP contribution in [0.2, 0.25) is 0 Å². The Labute approximate surface area is 140 Å². The van der Waals surface area contributed by atoms with Gasteiger partial charge in [0, 0.05) is 44.8 Å². The van der Waals surface area contributed by atoms with Gasteiger partial charge in [-0.2, -0.15) is 0 Å². The van der Waals surface area contributed by atoms with E-state index >= 15 is 0 Å². The Bertz CT molecular complexity index is 511. The van der Waals surface area contributed by atoms with Crippen LogP contribution in [0.25, 0.3) is 0 Å². The van der Waals surface area contributed by atoms with Crippen molar-refractivity contribution in [3.05, 3.63) is 29.3 Å². The highest BCUT2D eigenvalue weighted by Gasteiger charge is 2.24. The van der Waals surface area contributed by atoms with E-state index in [0.29, 0.717) is 12.1 Å². The van der Waals surface area contributed by atoms with Crippen molar-refractivity contribution in [3.8, 4) is 5.75 Å². The number of likely N-dealkylation sites (N-methyl/N-ethyl adjacent to an activating group) is 1. The zero-order valence-corrected chi connectivity index (χ0v) is 14.8. The monoisotopic (exact) mass is 317 g/mol. The molecule has 23 heavy (non-hydrogen) atoms. The number of ether oxygens (including phenoxy) is 1. The van der Waals surface area contributed by atoms with Gasteiger partial charge in [-0.1, -0.05) is 12.1 Å². The van der Waals surface area contributed by atoms with Crippen molar-refractivity contribution >= 4 is 0 Å². The van der Waals surface area contributed by atoms with E-state index < -0.39 is 0 Å². The molecule has 1 N–H and O–H groups in total. The van der Waals surface area contributed by atoms with Crippen LogP contribution in [0.5, 0.6) is 5.75 Å². The fraction of sp³-hybridized carbons (Fsp3) is 0.684. The van der Waals surface area contributed by atoms with Gasteiger partial charge in [0.1, 0.15) is 5.75 Å². The number of hydrogen-bond acceptors (Lipinski definition) is 4. The zero-order chi connectivity index (χ0) is 16.2. The third-order valence-corrected chi connectivity index (χ3v) is 5.51. The molecular formula is C19H31N3O. The van der Waals surface area contributed by atoms with Crippen LogP contribution < -0.4 is 10.1 Å². The van der Waals surface area contributed by atoms with Crippen LogP contribution in [-0.4, -0.2) is 62.7 Å². The molecule has 128 valence electrons. The van der Waals surface area contributed by atoms with Gasteiger partial charge in [0.25, 0.3) is 0 Å². The Morgan fingerprint density at radius 3 is 2.78 bits per heavy atom. The SMILES string of the molecule is COc1cccc2c1CCC[C@H]2NC[C@@H](C)N1CCN(C)CC1. The van der Waals surface area contributed by atoms with Gasteiger partial charge in [-0.3, -0.25) is 4.90 Å². The van der Waals surface area contributed by atoms with Crippen LogP contribution in [0, 0.1) is 0 Å². The summed E-state index contributed by atoms with van der Waals surface area (Å²) in [4.78, 5) is 5.03. The van der Waals surface area contributed by atoms with Crippen molar-refractivity contribution in [1.82, 2.24) is 15.1 Å². The lowest BCUT2D eigenvalue weighted by Crippen LogP contribution is -2.51. The van der Waals surface area contributed by atoms with Crippen LogP contribution in [0.1, 0.15) is 36.9 Å². The van der Waals surface area contributed by atoms with Crippen molar-refractivity contribution in [3.63, 3.8) is 0 Å². The molecule has 3 rings (SSSR count). The molecule has 1 fully saturated rings. The van der Waals surface area contributed by atoms with Crippen LogP contribution >= 0.6 is 0 Å². The second-order valence-corrected chi connectivity index (χ2v) is 7.07. The highest BCUT2D eigenvalue weighted by molar-refractivity contribution is 5.43. The quantitative estimate of drug-likeness (QED) is 0.902. The fourth-order valence-electron chi connectivity index (χ4n) is 3.92. The number of rotatable bonds is 5. The molecule has 2 atom stereocenters. The normalized spacial score (nSPS) is 24.2. The summed E-state index contributed by atoms with van der Waals surface area (Å²) in [6.45, 7) is 8.17. The molecular weight excluding hydrogens is 286 g/mol. The number of hydrogen-bond donors (Lipinski definition) is 1. The summed E-state index contributed by atoms with van der Waals surface area (Å²) >= 11 is 0. The summed E-state index contributed by atoms with van der Waals surface area (Å²) in [5.41, 5.74) is 2.85. The number of piperazine rings is 1. The van der Waals surface area contributed by atoms with Gasteiger partial charge < -0.3 is 15.0 Å². The summed E-state index contributed by atoms with van der Waals surface area (Å²) in [5, 5.41) is 3.83. The predicted molar refractivity (Wildman–Crippen MR) is 95.2 cm³/mol. The summed E-state index contributed by atoms with van der Waals surface area (Å²) in [6.07, 6.45) is 3.62. The van der Waals surface area contributed by atoms with Gasteiger partial charge in [-0.15, -0.1) is 0 Å². The zero-order valence-electron chi connectivity index (χ0n) is 14.8. The number of fused-ring (bicyclic) bond motifs is 1. The molecule has 4 heteroatoms. The molecule has 0 saturated carbocycles. The molecule has 2 aliphatic rings. The first-order chi connectivity index (χ1) is 11.2. The van der Waals surface area contributed by atoms with E-state index in [1.807, 2.05) is 0 Å². The lowest BCUT2D eigenvalue weighted by atomic mass is 9.87. The Balaban J connectivity index is 1.59. The topological polar surface area (TPSA) is 27.7 Å². The Morgan fingerprint density at radius 2 is 2.04 bits per heavy atom. The standard InChI is InChI=1S/C19H31N3O/c1-15(22-12-10-21(2)11-13-22)14-20-18-8-4-7-17-16(18)6-5-9-19(17)23-3/h5-6,9,15,18,20H,4,7-8,10-14H2,1-3H3/t15-,18-/m1/s1. The number of benzene rings is 1. The van der Waals surface area contributed by atoms with E-state index in [0.717, 1.165) is 18.7 Å². The van der Waals surface area contributed by atoms with Crippen molar-refractivity contribution in [2.45, 2.75) is 38.3 Å². The smallest absolute Gasteiger partial charge is 0.122 e. The highest BCUT2D eigenvalue weighted by atomic mass is 16.5. The van der Waals surface area contributed by atoms with E-state index in [1.54, 1.807) is 7.11 Å². The first-order valence-electron chi connectivity index (χ1n) is 9.01. The first-order valence-corrected chi connectivity index (χ1v) is 9.01. The van der Waals surface area contributed by atoms with Gasteiger partial charge in [-0.05, 0) is 50.4 Å². The fourth-order valence-corrected chi connectivity index (χ4v) is 3.92. The van der Waals surface area contributed by atoms with Gasteiger partial charge in [0.15, 0.2) is 0 Å². The maximum absolute atomic E-state index is 5.55. The Morgan fingerprint density at radius 1 is 1.26 bits per heavy atom. The maximum atomic E-state index is 5.55. The molecule has 0 radical (unpaired) electrons. The lowest BCUT2D eigenvalue weighted by Gasteiger charge is -2.37. The van der Waals surface area contributed by atoms with Crippen LogP contribution in [-0.2, 0) is 6.42 Å². The van der Waals surface area contributed by atoms with Crippen molar-refractivity contribution in [1.29, 1.82) is 0 Å². The Kier molecular flexibility index (Phi) is 5.57. The van der Waals surface area contributed by atoms with Crippen LogP contribution in [0.3, 0.4) is 0 Å². The van der Waals surface area contributed by atoms with E-state index in [9.17, 15) is 0 Å². The average Bonchev–Trinajstić information content (AvgIpc) is 2.59. The minimum Gasteiger partial charge on any atom is -0.496 e. The molecule has 0 unspecified atom stereocenters. The van der Waals surface area contributed by atoms with Gasteiger partial charge in [0.2, 0.25) is 0 Å². The first kappa shape index (κ1) is 16.7. The third kappa shape index (κ3) is 3.87. The minimum absolute atomic E-state index is 0.476. The van der Waals surface area contributed by atoms with Crippen LogP contribution in [0.4, 0.5) is 0 Å². The molecule has 1 aliphatic carbocycles. The van der Waals surface area contributed by atoms with Gasteiger partial charge >= 0.3 is 0 Å². The van der Waals surface area contributed by atoms with E-state index in [2.05, 4.69) is 47.3 Å². The molecule has 0 spiro atoms. The summed E-state index contributed by atoms with van der Waals surface area (Å²) in [6, 6.07) is 7.56. The van der Waals surface area contributed by atoms with E-state index in [-0.39, 0.29) is 0 Å². The van der Waals surface area contributed by atoms with Crippen molar-refractivity contribution in [2.75, 3.05) is 46.9 Å². The van der Waals surface area contributed by atoms with E-state index in [4.69, 9.17) is 4.74 Å².